The molecule has 2 aromatic carbocycles. The molecule has 3 rings (SSSR count). The molecule has 0 atom stereocenters. The first-order valence-electron chi connectivity index (χ1n) is 5.83. The third kappa shape index (κ3) is 2.83. The highest BCUT2D eigenvalue weighted by Crippen LogP contribution is 2.27. The quantitative estimate of drug-likeness (QED) is 0.488. The van der Waals surface area contributed by atoms with E-state index in [-0.39, 0.29) is 0 Å². The molecule has 0 bridgehead atoms. The lowest BCUT2D eigenvalue weighted by atomic mass is 10.2. The monoisotopic (exact) mass is 254 g/mol. The van der Waals surface area contributed by atoms with Crippen molar-refractivity contribution in [2.75, 3.05) is 7.11 Å². The van der Waals surface area contributed by atoms with Crippen LogP contribution < -0.4 is 0 Å². The molecule has 3 heteroatoms. The van der Waals surface area contributed by atoms with Crippen molar-refractivity contribution in [3.05, 3.63) is 61.2 Å². The zero-order chi connectivity index (χ0) is 13.7. The fourth-order valence-corrected chi connectivity index (χ4v) is 1.76. The fraction of sp³-hybridized carbons (Fsp3) is 0.0625. The molecule has 3 aromatic rings. The maximum absolute atomic E-state index is 9.84. The minimum Gasteiger partial charge on any atom is -0.466 e. The normalized spacial score (nSPS) is 9.74. The molecule has 0 aliphatic heterocycles. The number of rotatable bonds is 1. The van der Waals surface area contributed by atoms with Crippen LogP contribution in [-0.2, 0) is 9.53 Å². The number of para-hydroxylation sites is 2. The van der Waals surface area contributed by atoms with Gasteiger partial charge in [0.1, 0.15) is 11.2 Å². The molecule has 0 aliphatic rings. The zero-order valence-electron chi connectivity index (χ0n) is 10.6. The van der Waals surface area contributed by atoms with Crippen LogP contribution in [-0.4, -0.2) is 13.1 Å². The lowest BCUT2D eigenvalue weighted by Gasteiger charge is -1.85. The number of esters is 1. The number of ether oxygens (including phenoxy) is 1. The van der Waals surface area contributed by atoms with Crippen LogP contribution in [0.1, 0.15) is 0 Å². The highest BCUT2D eigenvalue weighted by atomic mass is 16.5. The topological polar surface area (TPSA) is 39.4 Å². The van der Waals surface area contributed by atoms with E-state index in [1.54, 1.807) is 0 Å². The van der Waals surface area contributed by atoms with E-state index in [2.05, 4.69) is 23.4 Å². The molecule has 1 heterocycles. The van der Waals surface area contributed by atoms with Crippen molar-refractivity contribution in [2.45, 2.75) is 0 Å². The van der Waals surface area contributed by atoms with Gasteiger partial charge in [0.25, 0.3) is 0 Å². The van der Waals surface area contributed by atoms with Crippen molar-refractivity contribution in [1.29, 1.82) is 0 Å². The molecular weight excluding hydrogens is 240 g/mol. The minimum atomic E-state index is -0.394. The largest absolute Gasteiger partial charge is 0.466 e. The first-order chi connectivity index (χ1) is 9.26. The van der Waals surface area contributed by atoms with Gasteiger partial charge in [0.15, 0.2) is 0 Å². The number of carbonyl (C=O) groups excluding carboxylic acids is 1. The van der Waals surface area contributed by atoms with E-state index in [1.165, 1.54) is 17.9 Å². The number of furan rings is 1. The van der Waals surface area contributed by atoms with Crippen LogP contribution in [0.3, 0.4) is 0 Å². The van der Waals surface area contributed by atoms with Crippen molar-refractivity contribution in [3.8, 4) is 0 Å². The molecule has 0 saturated carbocycles. The van der Waals surface area contributed by atoms with Gasteiger partial charge in [0, 0.05) is 16.8 Å². The van der Waals surface area contributed by atoms with Crippen LogP contribution in [0.5, 0.6) is 0 Å². The second-order valence-corrected chi connectivity index (χ2v) is 3.82. The van der Waals surface area contributed by atoms with Gasteiger partial charge in [-0.15, -0.1) is 0 Å². The summed E-state index contributed by atoms with van der Waals surface area (Å²) in [5.41, 5.74) is 1.92. The van der Waals surface area contributed by atoms with Gasteiger partial charge in [-0.1, -0.05) is 43.0 Å². The SMILES string of the molecule is C=CC(=O)OC.c1ccc2c(c1)oc1ccccc12. The summed E-state index contributed by atoms with van der Waals surface area (Å²) in [6, 6.07) is 16.2. The van der Waals surface area contributed by atoms with Crippen LogP contribution in [0.15, 0.2) is 65.6 Å². The maximum atomic E-state index is 9.84. The van der Waals surface area contributed by atoms with Crippen molar-refractivity contribution in [1.82, 2.24) is 0 Å². The number of methoxy groups -OCH3 is 1. The standard InChI is InChI=1S/C12H8O.C4H6O2/c1-3-7-11-9(5-1)10-6-2-4-8-12(10)13-11;1-3-4(5)6-2/h1-8H;3H,1H2,2H3. The van der Waals surface area contributed by atoms with E-state index >= 15 is 0 Å². The van der Waals surface area contributed by atoms with Crippen molar-refractivity contribution >= 4 is 27.9 Å². The summed E-state index contributed by atoms with van der Waals surface area (Å²) in [7, 11) is 1.31. The molecule has 0 saturated heterocycles. The fourth-order valence-electron chi connectivity index (χ4n) is 1.76. The third-order valence-electron chi connectivity index (χ3n) is 2.65. The van der Waals surface area contributed by atoms with E-state index < -0.39 is 5.97 Å². The second-order valence-electron chi connectivity index (χ2n) is 3.82. The van der Waals surface area contributed by atoms with E-state index in [0.29, 0.717) is 0 Å². The lowest BCUT2D eigenvalue weighted by Crippen LogP contribution is -1.91. The molecule has 0 radical (unpaired) electrons. The van der Waals surface area contributed by atoms with Gasteiger partial charge in [-0.3, -0.25) is 0 Å². The van der Waals surface area contributed by atoms with Gasteiger partial charge in [-0.25, -0.2) is 4.79 Å². The van der Waals surface area contributed by atoms with E-state index in [1.807, 2.05) is 36.4 Å². The van der Waals surface area contributed by atoms with Crippen molar-refractivity contribution in [2.24, 2.45) is 0 Å². The Hall–Kier alpha value is -2.55. The first-order valence-corrected chi connectivity index (χ1v) is 5.83. The first kappa shape index (κ1) is 12.9. The highest BCUT2D eigenvalue weighted by molar-refractivity contribution is 6.04. The molecule has 19 heavy (non-hydrogen) atoms. The van der Waals surface area contributed by atoms with Gasteiger partial charge >= 0.3 is 5.97 Å². The van der Waals surface area contributed by atoms with Gasteiger partial charge < -0.3 is 9.15 Å². The van der Waals surface area contributed by atoms with Crippen molar-refractivity contribution in [3.63, 3.8) is 0 Å². The van der Waals surface area contributed by atoms with Gasteiger partial charge in [0.2, 0.25) is 0 Å². The number of benzene rings is 2. The van der Waals surface area contributed by atoms with Crippen LogP contribution in [0.2, 0.25) is 0 Å². The Balaban J connectivity index is 0.000000192. The van der Waals surface area contributed by atoms with Gasteiger partial charge in [0.05, 0.1) is 7.11 Å². The number of hydrogen-bond donors (Lipinski definition) is 0. The minimum absolute atomic E-state index is 0.394. The summed E-state index contributed by atoms with van der Waals surface area (Å²) in [6.45, 7) is 3.16. The molecule has 0 aliphatic carbocycles. The third-order valence-corrected chi connectivity index (χ3v) is 2.65. The Kier molecular flexibility index (Phi) is 3.98. The average Bonchev–Trinajstić information content (AvgIpc) is 2.85. The summed E-state index contributed by atoms with van der Waals surface area (Å²) < 4.78 is 9.79. The predicted molar refractivity (Wildman–Crippen MR) is 75.9 cm³/mol. The predicted octanol–water partition coefficient (Wildman–Crippen LogP) is 3.93. The van der Waals surface area contributed by atoms with E-state index in [9.17, 15) is 4.79 Å². The summed E-state index contributed by atoms with van der Waals surface area (Å²) in [6.07, 6.45) is 1.11. The van der Waals surface area contributed by atoms with Crippen LogP contribution >= 0.6 is 0 Å². The average molecular weight is 254 g/mol. The molecule has 0 fully saturated rings. The van der Waals surface area contributed by atoms with Crippen LogP contribution in [0.4, 0.5) is 0 Å². The number of hydrogen-bond acceptors (Lipinski definition) is 3. The molecule has 96 valence electrons. The Labute approximate surface area is 111 Å². The molecule has 0 amide bonds. The molecule has 1 aromatic heterocycles. The maximum Gasteiger partial charge on any atom is 0.329 e. The van der Waals surface area contributed by atoms with Crippen molar-refractivity contribution < 1.29 is 13.9 Å². The van der Waals surface area contributed by atoms with Crippen LogP contribution in [0, 0.1) is 0 Å². The summed E-state index contributed by atoms with van der Waals surface area (Å²) in [5, 5.41) is 2.39. The molecule has 0 N–H and O–H groups in total. The zero-order valence-corrected chi connectivity index (χ0v) is 10.6. The van der Waals surface area contributed by atoms with E-state index in [4.69, 9.17) is 4.42 Å². The number of carbonyl (C=O) groups is 1. The Morgan fingerprint density at radius 2 is 1.53 bits per heavy atom. The Morgan fingerprint density at radius 1 is 1.05 bits per heavy atom. The number of fused-ring (bicyclic) bond motifs is 3. The molecule has 0 unspecified atom stereocenters. The Morgan fingerprint density at radius 3 is 1.89 bits per heavy atom. The molecular formula is C16H14O3. The van der Waals surface area contributed by atoms with Crippen LogP contribution in [0.25, 0.3) is 21.9 Å². The summed E-state index contributed by atoms with van der Waals surface area (Å²) >= 11 is 0. The Bertz CT molecular complexity index is 660. The van der Waals surface area contributed by atoms with Gasteiger partial charge in [-0.2, -0.15) is 0 Å². The van der Waals surface area contributed by atoms with E-state index in [0.717, 1.165) is 17.2 Å². The summed E-state index contributed by atoms with van der Waals surface area (Å²) in [4.78, 5) is 9.84. The molecule has 0 spiro atoms. The van der Waals surface area contributed by atoms with Gasteiger partial charge in [-0.05, 0) is 12.1 Å². The lowest BCUT2D eigenvalue weighted by molar-refractivity contribution is -0.134. The molecule has 3 nitrogen and oxygen atoms in total. The second kappa shape index (κ2) is 5.87. The smallest absolute Gasteiger partial charge is 0.329 e. The highest BCUT2D eigenvalue weighted by Gasteiger charge is 2.03. The summed E-state index contributed by atoms with van der Waals surface area (Å²) in [5.74, 6) is -0.394.